The minimum absolute atomic E-state index is 0.0488. The van der Waals surface area contributed by atoms with E-state index in [0.717, 1.165) is 53.6 Å². The van der Waals surface area contributed by atoms with Gasteiger partial charge in [0.15, 0.2) is 16.7 Å². The predicted molar refractivity (Wildman–Crippen MR) is 301 cm³/mol. The summed E-state index contributed by atoms with van der Waals surface area (Å²) in [5, 5.41) is 1.58. The van der Waals surface area contributed by atoms with Gasteiger partial charge in [0.2, 0.25) is 5.91 Å². The Morgan fingerprint density at radius 1 is 0.772 bits per heavy atom. The van der Waals surface area contributed by atoms with Crippen LogP contribution in [0.4, 0.5) is 22.7 Å². The van der Waals surface area contributed by atoms with Crippen molar-refractivity contribution in [1.29, 1.82) is 0 Å². The number of amides is 5. The van der Waals surface area contributed by atoms with E-state index >= 15 is 0 Å². The Labute approximate surface area is 466 Å². The molecule has 5 aliphatic rings. The van der Waals surface area contributed by atoms with Gasteiger partial charge in [0, 0.05) is 77.1 Å². The Hall–Kier alpha value is -7.20. The number of imide groups is 1. The largest absolute Gasteiger partial charge is 0.493 e. The molecule has 5 aromatic carbocycles. The van der Waals surface area contributed by atoms with Crippen molar-refractivity contribution in [2.45, 2.75) is 114 Å². The van der Waals surface area contributed by atoms with Crippen LogP contribution in [0.5, 0.6) is 17.2 Å². The van der Waals surface area contributed by atoms with E-state index in [4.69, 9.17) is 24.0 Å². The molecule has 1 fully saturated rings. The van der Waals surface area contributed by atoms with E-state index in [1.54, 1.807) is 12.1 Å². The third-order valence-electron chi connectivity index (χ3n) is 14.7. The quantitative estimate of drug-likeness (QED) is 0.0333. The highest BCUT2D eigenvalue weighted by molar-refractivity contribution is 8.77. The van der Waals surface area contributed by atoms with Crippen molar-refractivity contribution in [3.8, 4) is 17.2 Å². The van der Waals surface area contributed by atoms with E-state index in [2.05, 4.69) is 15.6 Å². The molecule has 1 unspecified atom stereocenters. The summed E-state index contributed by atoms with van der Waals surface area (Å²) in [5.74, 6) is -1.67. The molecule has 10 rings (SSSR count). The second-order valence-electron chi connectivity index (χ2n) is 20.6. The normalized spacial score (nSPS) is 17.7. The Morgan fingerprint density at radius 3 is 2.13 bits per heavy atom. The number of hydrogen-bond donors (Lipinski definition) is 1. The van der Waals surface area contributed by atoms with E-state index in [1.165, 1.54) is 28.7 Å². The zero-order valence-corrected chi connectivity index (χ0v) is 46.7. The number of nitrogens with zero attached hydrogens (tertiary/aromatic N) is 4. The monoisotopic (exact) mass is 1130 g/mol. The highest BCUT2D eigenvalue weighted by atomic mass is 33.1. The molecule has 79 heavy (non-hydrogen) atoms. The molecule has 0 saturated carbocycles. The van der Waals surface area contributed by atoms with Crippen LogP contribution in [0.2, 0.25) is 0 Å². The van der Waals surface area contributed by atoms with Gasteiger partial charge >= 0.3 is 5.97 Å². The molecular weight excluding hydrogens is 1070 g/mol. The van der Waals surface area contributed by atoms with Crippen molar-refractivity contribution in [3.05, 3.63) is 136 Å². The van der Waals surface area contributed by atoms with Crippen LogP contribution >= 0.6 is 21.6 Å². The average Bonchev–Trinajstić information content (AvgIpc) is 4.23. The number of fused-ring (bicyclic) bond motifs is 8. The highest BCUT2D eigenvalue weighted by Crippen LogP contribution is 2.43. The fourth-order valence-electron chi connectivity index (χ4n) is 10.6. The van der Waals surface area contributed by atoms with Gasteiger partial charge in [-0.2, -0.15) is 8.42 Å². The molecule has 5 aromatic rings. The first kappa shape index (κ1) is 55.1. The zero-order chi connectivity index (χ0) is 55.8. The van der Waals surface area contributed by atoms with Gasteiger partial charge in [0.1, 0.15) is 19.0 Å². The van der Waals surface area contributed by atoms with Crippen molar-refractivity contribution in [2.24, 2.45) is 4.99 Å². The van der Waals surface area contributed by atoms with Crippen molar-refractivity contribution >= 4 is 96.2 Å². The van der Waals surface area contributed by atoms with Crippen LogP contribution in [0.25, 0.3) is 0 Å². The second kappa shape index (κ2) is 22.9. The van der Waals surface area contributed by atoms with E-state index in [1.807, 2.05) is 110 Å². The van der Waals surface area contributed by atoms with Crippen LogP contribution in [0.3, 0.4) is 0 Å². The molecule has 18 nitrogen and oxygen atoms in total. The molecule has 0 radical (unpaired) electrons. The minimum Gasteiger partial charge on any atom is -0.493 e. The maximum atomic E-state index is 14.2. The number of methoxy groups -OCH3 is 1. The molecule has 412 valence electrons. The van der Waals surface area contributed by atoms with Gasteiger partial charge < -0.3 is 29.3 Å². The van der Waals surface area contributed by atoms with E-state index in [9.17, 15) is 37.2 Å². The van der Waals surface area contributed by atoms with Crippen molar-refractivity contribution in [3.63, 3.8) is 0 Å². The summed E-state index contributed by atoms with van der Waals surface area (Å²) in [6.07, 6.45) is 4.75. The number of carbonyl (C=O) groups excluding carboxylic acids is 6. The van der Waals surface area contributed by atoms with Gasteiger partial charge in [-0.3, -0.25) is 38.0 Å². The molecule has 5 amide bonds. The van der Waals surface area contributed by atoms with Gasteiger partial charge in [-0.1, -0.05) is 58.0 Å². The Morgan fingerprint density at radius 2 is 1.43 bits per heavy atom. The van der Waals surface area contributed by atoms with Crippen LogP contribution in [0.1, 0.15) is 106 Å². The van der Waals surface area contributed by atoms with Crippen molar-refractivity contribution in [1.82, 2.24) is 5.06 Å². The summed E-state index contributed by atoms with van der Waals surface area (Å²) < 4.78 is 48.4. The Bertz CT molecular complexity index is 3420. The first-order valence-electron chi connectivity index (χ1n) is 26.0. The Kier molecular flexibility index (Phi) is 16.0. The number of ether oxygens (including phenoxy) is 3. The summed E-state index contributed by atoms with van der Waals surface area (Å²) in [5.41, 5.74) is 9.16. The third kappa shape index (κ3) is 11.8. The first-order valence-corrected chi connectivity index (χ1v) is 29.8. The lowest BCUT2D eigenvalue weighted by Gasteiger charge is -2.23. The van der Waals surface area contributed by atoms with Crippen molar-refractivity contribution < 1.29 is 60.4 Å². The van der Waals surface area contributed by atoms with Crippen LogP contribution in [0.15, 0.2) is 96.0 Å². The lowest BCUT2D eigenvalue weighted by molar-refractivity contribution is -0.197. The van der Waals surface area contributed by atoms with Crippen LogP contribution < -0.4 is 29.3 Å². The lowest BCUT2D eigenvalue weighted by Crippen LogP contribution is -2.40. The maximum Gasteiger partial charge on any atom is 0.353 e. The van der Waals surface area contributed by atoms with Crippen LogP contribution in [-0.4, -0.2) is 97.3 Å². The van der Waals surface area contributed by atoms with Gasteiger partial charge in [-0.15, -0.1) is 5.06 Å². The number of aryl methyl sites for hydroxylation is 2. The smallest absolute Gasteiger partial charge is 0.353 e. The maximum absolute atomic E-state index is 14.2. The topological polar surface area (TPSA) is 217 Å². The molecule has 0 aromatic heterocycles. The van der Waals surface area contributed by atoms with E-state index in [0.29, 0.717) is 75.2 Å². The number of aliphatic imine (C=N–C) groups is 1. The predicted octanol–water partition coefficient (Wildman–Crippen LogP) is 9.19. The van der Waals surface area contributed by atoms with Gasteiger partial charge in [-0.25, -0.2) is 4.79 Å². The number of para-hydroxylation sites is 2. The van der Waals surface area contributed by atoms with Crippen LogP contribution in [-0.2, 0) is 70.8 Å². The minimum atomic E-state index is -4.43. The SMILES string of the molecule is COc1cc2c(cc1OCc1cc(COc3cc4c(cc3C)C(=O)N3c5ccccc5C[C@H]3C=N4)cc(NC(=O)CCC(C)(C)SSCCC(C(=O)ON3C(=O)CCC3=O)S(=O)(=O)OC)c1)CC[C@@H]1Cc3ccccc3N1C2=O. The number of nitrogens with one attached hydrogen (secondary N) is 1. The number of carbonyl (C=O) groups is 6. The summed E-state index contributed by atoms with van der Waals surface area (Å²) in [7, 11) is 0.722. The molecule has 0 spiro atoms. The summed E-state index contributed by atoms with van der Waals surface area (Å²) >= 11 is 0. The first-order chi connectivity index (χ1) is 37.9. The molecule has 1 N–H and O–H groups in total. The summed E-state index contributed by atoms with van der Waals surface area (Å²) in [6.45, 7) is 5.92. The van der Waals surface area contributed by atoms with Crippen LogP contribution in [0, 0.1) is 6.92 Å². The molecule has 3 atom stereocenters. The molecular formula is C58H59N5O13S3. The molecule has 5 heterocycles. The zero-order valence-electron chi connectivity index (χ0n) is 44.3. The highest BCUT2D eigenvalue weighted by Gasteiger charge is 2.41. The fraction of sp³-hybridized carbons (Fsp3) is 0.362. The third-order valence-corrected chi connectivity index (χ3v) is 19.6. The van der Waals surface area contributed by atoms with Gasteiger partial charge in [0.05, 0.1) is 31.5 Å². The fourth-order valence-corrected chi connectivity index (χ4v) is 14.3. The van der Waals surface area contributed by atoms with E-state index in [-0.39, 0.29) is 74.5 Å². The Balaban J connectivity index is 0.831. The lowest BCUT2D eigenvalue weighted by atomic mass is 9.99. The van der Waals surface area contributed by atoms with Crippen molar-refractivity contribution in [2.75, 3.05) is 35.1 Å². The molecule has 21 heteroatoms. The molecule has 5 aliphatic heterocycles. The van der Waals surface area contributed by atoms with Gasteiger partial charge in [-0.05, 0) is 135 Å². The van der Waals surface area contributed by atoms with Gasteiger partial charge in [0.25, 0.3) is 33.7 Å². The van der Waals surface area contributed by atoms with E-state index < -0.39 is 37.9 Å². The molecule has 1 saturated heterocycles. The number of hydroxylamine groups is 2. The standard InChI is InChI=1S/C58H59N5O13S3/c1-34-22-44-45(59-31-42-27-39-11-7-9-13-47(39)62(42)56(44)68)30-48(34)74-32-35-23-36(33-75-50-28-37-14-15-41-26-38-10-6-8-12-46(38)61(41)55(67)43(37)29-49(50)72-4)25-40(24-35)60-52(64)18-20-58(2,3)78-77-21-19-51(79(70,71)73-5)57(69)76-63-53(65)16-17-54(63)66/h6-13,22-25,28-31,41-42,51H,14-21,26-27,32-33H2,1-5H3,(H,60,64)/t41-,42+,51?/m1/s1. The number of benzene rings is 5. The molecule has 0 aliphatic carbocycles. The number of anilines is 3. The summed E-state index contributed by atoms with van der Waals surface area (Å²) in [4.78, 5) is 92.4. The average molecular weight is 1130 g/mol. The number of hydrogen-bond acceptors (Lipinski definition) is 16. The molecule has 0 bridgehead atoms. The number of rotatable bonds is 20. The summed E-state index contributed by atoms with van der Waals surface area (Å²) in [6, 6.07) is 28.6. The second-order valence-corrected chi connectivity index (χ2v) is 25.6.